The quantitative estimate of drug-likeness (QED) is 0.690. The van der Waals surface area contributed by atoms with Crippen molar-refractivity contribution in [2.45, 2.75) is 12.3 Å². The van der Waals surface area contributed by atoms with Crippen molar-refractivity contribution in [2.75, 3.05) is 6.54 Å². The number of halogens is 1. The summed E-state index contributed by atoms with van der Waals surface area (Å²) < 4.78 is 0. The zero-order valence-electron chi connectivity index (χ0n) is 7.59. The van der Waals surface area contributed by atoms with Gasteiger partial charge in [-0.05, 0) is 29.7 Å². The summed E-state index contributed by atoms with van der Waals surface area (Å²) in [6, 6.07) is 5.96. The SMILES string of the molecule is O=C1NCC2c3ccc(Cl)cc3CC12. The fourth-order valence-electron chi connectivity index (χ4n) is 2.58. The van der Waals surface area contributed by atoms with E-state index >= 15 is 0 Å². The third kappa shape index (κ3) is 1.01. The molecule has 1 aliphatic carbocycles. The van der Waals surface area contributed by atoms with Gasteiger partial charge in [0, 0.05) is 17.5 Å². The fourth-order valence-corrected chi connectivity index (χ4v) is 2.77. The van der Waals surface area contributed by atoms with Gasteiger partial charge in [-0.2, -0.15) is 0 Å². The molecular weight excluding hydrogens is 198 g/mol. The molecule has 2 nitrogen and oxygen atoms in total. The molecule has 1 fully saturated rings. The first-order valence-electron chi connectivity index (χ1n) is 4.82. The number of carbonyl (C=O) groups excluding carboxylic acids is 1. The molecule has 2 aliphatic rings. The Labute approximate surface area is 87.3 Å². The summed E-state index contributed by atoms with van der Waals surface area (Å²) in [5, 5.41) is 3.67. The lowest BCUT2D eigenvalue weighted by Gasteiger charge is -2.06. The number of rotatable bonds is 0. The van der Waals surface area contributed by atoms with Crippen molar-refractivity contribution in [3.05, 3.63) is 34.3 Å². The Bertz CT molecular complexity index is 416. The van der Waals surface area contributed by atoms with E-state index in [1.54, 1.807) is 0 Å². The fraction of sp³-hybridized carbons (Fsp3) is 0.364. The minimum atomic E-state index is 0.156. The van der Waals surface area contributed by atoms with Crippen LogP contribution in [0.4, 0.5) is 0 Å². The second kappa shape index (κ2) is 2.74. The van der Waals surface area contributed by atoms with E-state index in [0.717, 1.165) is 18.0 Å². The second-order valence-corrected chi connectivity index (χ2v) is 4.44. The molecule has 1 amide bonds. The van der Waals surface area contributed by atoms with Gasteiger partial charge in [-0.1, -0.05) is 17.7 Å². The zero-order chi connectivity index (χ0) is 9.71. The van der Waals surface area contributed by atoms with Crippen molar-refractivity contribution in [3.63, 3.8) is 0 Å². The van der Waals surface area contributed by atoms with Gasteiger partial charge in [0.2, 0.25) is 5.91 Å². The van der Waals surface area contributed by atoms with E-state index in [9.17, 15) is 4.79 Å². The topological polar surface area (TPSA) is 29.1 Å². The molecule has 1 aliphatic heterocycles. The van der Waals surface area contributed by atoms with Crippen molar-refractivity contribution >= 4 is 17.5 Å². The van der Waals surface area contributed by atoms with Gasteiger partial charge in [0.1, 0.15) is 0 Å². The van der Waals surface area contributed by atoms with Gasteiger partial charge in [0.15, 0.2) is 0 Å². The van der Waals surface area contributed by atoms with E-state index in [4.69, 9.17) is 11.6 Å². The molecule has 3 rings (SSSR count). The van der Waals surface area contributed by atoms with Gasteiger partial charge in [0.25, 0.3) is 0 Å². The van der Waals surface area contributed by atoms with E-state index in [1.165, 1.54) is 11.1 Å². The molecule has 0 spiro atoms. The first kappa shape index (κ1) is 8.30. The van der Waals surface area contributed by atoms with E-state index in [2.05, 4.69) is 11.4 Å². The molecular formula is C11H10ClNO. The number of carbonyl (C=O) groups is 1. The third-order valence-corrected chi connectivity index (χ3v) is 3.50. The van der Waals surface area contributed by atoms with Crippen LogP contribution in [0.3, 0.4) is 0 Å². The lowest BCUT2D eigenvalue weighted by Crippen LogP contribution is -2.19. The van der Waals surface area contributed by atoms with E-state index in [-0.39, 0.29) is 11.8 Å². The Morgan fingerprint density at radius 2 is 2.21 bits per heavy atom. The molecule has 0 aromatic heterocycles. The van der Waals surface area contributed by atoms with Crippen LogP contribution in [0, 0.1) is 5.92 Å². The van der Waals surface area contributed by atoms with Crippen molar-refractivity contribution in [2.24, 2.45) is 5.92 Å². The highest BCUT2D eigenvalue weighted by atomic mass is 35.5. The molecule has 2 unspecified atom stereocenters. The third-order valence-electron chi connectivity index (χ3n) is 3.26. The number of amides is 1. The Balaban J connectivity index is 2.08. The van der Waals surface area contributed by atoms with Crippen LogP contribution in [0.2, 0.25) is 5.02 Å². The Hall–Kier alpha value is -1.02. The predicted molar refractivity (Wildman–Crippen MR) is 54.4 cm³/mol. The average Bonchev–Trinajstić information content (AvgIpc) is 2.66. The number of benzene rings is 1. The summed E-state index contributed by atoms with van der Waals surface area (Å²) in [5.74, 6) is 0.737. The molecule has 1 aromatic rings. The van der Waals surface area contributed by atoms with E-state index in [1.807, 2.05) is 12.1 Å². The highest BCUT2D eigenvalue weighted by Crippen LogP contribution is 2.41. The monoisotopic (exact) mass is 207 g/mol. The molecule has 0 saturated carbocycles. The largest absolute Gasteiger partial charge is 0.355 e. The van der Waals surface area contributed by atoms with E-state index < -0.39 is 0 Å². The second-order valence-electron chi connectivity index (χ2n) is 4.01. The van der Waals surface area contributed by atoms with Crippen LogP contribution < -0.4 is 5.32 Å². The normalized spacial score (nSPS) is 28.5. The maximum Gasteiger partial charge on any atom is 0.224 e. The maximum absolute atomic E-state index is 11.5. The van der Waals surface area contributed by atoms with Crippen molar-refractivity contribution in [3.8, 4) is 0 Å². The Kier molecular flexibility index (Phi) is 1.62. The first-order chi connectivity index (χ1) is 6.75. The smallest absolute Gasteiger partial charge is 0.224 e. The Morgan fingerprint density at radius 3 is 3.07 bits per heavy atom. The summed E-state index contributed by atoms with van der Waals surface area (Å²) in [6.07, 6.45) is 0.854. The molecule has 1 N–H and O–H groups in total. The molecule has 0 radical (unpaired) electrons. The molecule has 3 heteroatoms. The standard InChI is InChI=1S/C11H10ClNO/c12-7-1-2-8-6(3-7)4-9-10(8)5-13-11(9)14/h1-3,9-10H,4-5H2,(H,13,14). The molecule has 14 heavy (non-hydrogen) atoms. The molecule has 0 bridgehead atoms. The minimum Gasteiger partial charge on any atom is -0.355 e. The van der Waals surface area contributed by atoms with Crippen molar-refractivity contribution in [1.82, 2.24) is 5.32 Å². The molecule has 1 saturated heterocycles. The van der Waals surface area contributed by atoms with Gasteiger partial charge in [-0.25, -0.2) is 0 Å². The summed E-state index contributed by atoms with van der Waals surface area (Å²) in [4.78, 5) is 11.5. The highest BCUT2D eigenvalue weighted by molar-refractivity contribution is 6.30. The van der Waals surface area contributed by atoms with Crippen LogP contribution in [-0.4, -0.2) is 12.5 Å². The summed E-state index contributed by atoms with van der Waals surface area (Å²) >= 11 is 5.92. The Morgan fingerprint density at radius 1 is 1.36 bits per heavy atom. The minimum absolute atomic E-state index is 0.156. The number of nitrogens with one attached hydrogen (secondary N) is 1. The van der Waals surface area contributed by atoms with Gasteiger partial charge in [-0.3, -0.25) is 4.79 Å². The van der Waals surface area contributed by atoms with Gasteiger partial charge in [-0.15, -0.1) is 0 Å². The van der Waals surface area contributed by atoms with Crippen LogP contribution >= 0.6 is 11.6 Å². The zero-order valence-corrected chi connectivity index (χ0v) is 8.34. The van der Waals surface area contributed by atoms with Crippen LogP contribution in [0.25, 0.3) is 0 Å². The molecule has 1 heterocycles. The summed E-state index contributed by atoms with van der Waals surface area (Å²) in [7, 11) is 0. The maximum atomic E-state index is 11.5. The number of hydrogen-bond donors (Lipinski definition) is 1. The summed E-state index contributed by atoms with van der Waals surface area (Å²) in [5.41, 5.74) is 2.56. The van der Waals surface area contributed by atoms with Gasteiger partial charge in [0.05, 0.1) is 5.92 Å². The number of hydrogen-bond acceptors (Lipinski definition) is 1. The summed E-state index contributed by atoms with van der Waals surface area (Å²) in [6.45, 7) is 0.790. The average molecular weight is 208 g/mol. The van der Waals surface area contributed by atoms with Crippen molar-refractivity contribution < 1.29 is 4.79 Å². The van der Waals surface area contributed by atoms with Crippen LogP contribution in [0.1, 0.15) is 17.0 Å². The molecule has 2 atom stereocenters. The van der Waals surface area contributed by atoms with E-state index in [0.29, 0.717) is 5.92 Å². The van der Waals surface area contributed by atoms with Crippen LogP contribution in [0.15, 0.2) is 18.2 Å². The van der Waals surface area contributed by atoms with Crippen molar-refractivity contribution in [1.29, 1.82) is 0 Å². The van der Waals surface area contributed by atoms with Crippen LogP contribution in [0.5, 0.6) is 0 Å². The van der Waals surface area contributed by atoms with Gasteiger partial charge >= 0.3 is 0 Å². The number of fused-ring (bicyclic) bond motifs is 3. The highest BCUT2D eigenvalue weighted by Gasteiger charge is 2.41. The predicted octanol–water partition coefficient (Wildman–Crippen LogP) is 1.73. The lowest BCUT2D eigenvalue weighted by molar-refractivity contribution is -0.122. The van der Waals surface area contributed by atoms with Gasteiger partial charge < -0.3 is 5.32 Å². The van der Waals surface area contributed by atoms with Crippen LogP contribution in [-0.2, 0) is 11.2 Å². The molecule has 1 aromatic carbocycles. The molecule has 72 valence electrons. The first-order valence-corrected chi connectivity index (χ1v) is 5.19. The lowest BCUT2D eigenvalue weighted by atomic mass is 9.96.